The second-order valence-corrected chi connectivity index (χ2v) is 9.15. The number of carbonyl (C=O) groups is 1. The van der Waals surface area contributed by atoms with Crippen molar-refractivity contribution in [3.8, 4) is 10.4 Å². The molecule has 0 aliphatic heterocycles. The van der Waals surface area contributed by atoms with Gasteiger partial charge in [0.1, 0.15) is 5.69 Å². The summed E-state index contributed by atoms with van der Waals surface area (Å²) in [5.41, 5.74) is 7.21. The van der Waals surface area contributed by atoms with Crippen molar-refractivity contribution in [1.29, 1.82) is 0 Å². The van der Waals surface area contributed by atoms with E-state index >= 15 is 0 Å². The lowest BCUT2D eigenvalue weighted by Gasteiger charge is -2.13. The van der Waals surface area contributed by atoms with Crippen LogP contribution in [0.4, 0.5) is 18.3 Å². The number of rotatable bonds is 9. The van der Waals surface area contributed by atoms with Crippen molar-refractivity contribution in [1.82, 2.24) is 15.3 Å². The smallest absolute Gasteiger partial charge is 0.395 e. The zero-order valence-electron chi connectivity index (χ0n) is 19.0. The summed E-state index contributed by atoms with van der Waals surface area (Å²) in [7, 11) is 0. The fourth-order valence-electron chi connectivity index (χ4n) is 3.65. The summed E-state index contributed by atoms with van der Waals surface area (Å²) in [5.74, 6) is -0.410. The molecule has 0 fully saturated rings. The lowest BCUT2D eigenvalue weighted by atomic mass is 10.0. The topological polar surface area (TPSA) is 113 Å². The molecule has 1 atom stereocenters. The average molecular weight is 516 g/mol. The quantitative estimate of drug-likeness (QED) is 0.267. The second-order valence-electron chi connectivity index (χ2n) is 8.15. The predicted molar refractivity (Wildman–Crippen MR) is 134 cm³/mol. The lowest BCUT2D eigenvalue weighted by molar-refractivity contribution is -0.137. The van der Waals surface area contributed by atoms with E-state index in [9.17, 15) is 18.0 Å². The first kappa shape index (κ1) is 25.5. The van der Waals surface area contributed by atoms with Crippen LogP contribution in [0.5, 0.6) is 0 Å². The molecule has 0 aliphatic rings. The van der Waals surface area contributed by atoms with Gasteiger partial charge in [0.25, 0.3) is 5.91 Å². The van der Waals surface area contributed by atoms with Gasteiger partial charge in [0.05, 0.1) is 17.0 Å². The third kappa shape index (κ3) is 6.17. The molecule has 188 valence electrons. The van der Waals surface area contributed by atoms with Gasteiger partial charge in [-0.3, -0.25) is 9.78 Å². The number of aliphatic hydroxyl groups excluding tert-OH is 1. The normalized spacial score (nSPS) is 12.5. The molecule has 0 bridgehead atoms. The maximum Gasteiger partial charge on any atom is 0.416 e. The summed E-state index contributed by atoms with van der Waals surface area (Å²) in [6.07, 6.45) is -0.565. The number of pyridine rings is 1. The molecule has 2 heterocycles. The first-order valence-corrected chi connectivity index (χ1v) is 12.0. The number of nitrogens with two attached hydrogens (primary N) is 1. The van der Waals surface area contributed by atoms with E-state index in [4.69, 9.17) is 10.8 Å². The molecule has 36 heavy (non-hydrogen) atoms. The molecule has 7 nitrogen and oxygen atoms in total. The first-order valence-electron chi connectivity index (χ1n) is 11.1. The fraction of sp³-hybridized carbons (Fsp3) is 0.240. The van der Waals surface area contributed by atoms with Gasteiger partial charge in [-0.25, -0.2) is 4.98 Å². The van der Waals surface area contributed by atoms with Crippen molar-refractivity contribution in [3.63, 3.8) is 0 Å². The average Bonchev–Trinajstić information content (AvgIpc) is 3.30. The standard InChI is InChI=1S/C25H24F3N5O2S/c26-25(27,28)19-5-1-15(2-6-19)11-20(29)14-32-24-33-21(23(35)31-9-10-34)22(36-24)17-3-4-18-13-30-8-7-16(18)12-17/h1-8,12-13,20,34H,9-11,14,29H2,(H,31,35)(H,32,33). The van der Waals surface area contributed by atoms with Crippen LogP contribution in [0.25, 0.3) is 21.2 Å². The number of aliphatic hydroxyl groups is 1. The number of carbonyl (C=O) groups excluding carboxylic acids is 1. The molecule has 11 heteroatoms. The molecular formula is C25H24F3N5O2S. The highest BCUT2D eigenvalue weighted by atomic mass is 32.1. The molecule has 0 saturated heterocycles. The Bertz CT molecular complexity index is 1340. The van der Waals surface area contributed by atoms with Gasteiger partial charge >= 0.3 is 6.18 Å². The Morgan fingerprint density at radius 1 is 1.11 bits per heavy atom. The summed E-state index contributed by atoms with van der Waals surface area (Å²) in [4.78, 5) is 22.0. The summed E-state index contributed by atoms with van der Waals surface area (Å²) in [6.45, 7) is 0.202. The second kappa shape index (κ2) is 11.0. The minimum atomic E-state index is -4.38. The van der Waals surface area contributed by atoms with Crippen molar-refractivity contribution in [2.24, 2.45) is 5.73 Å². The Balaban J connectivity index is 1.50. The Hall–Kier alpha value is -3.54. The fourth-order valence-corrected chi connectivity index (χ4v) is 4.61. The molecule has 1 unspecified atom stereocenters. The molecule has 5 N–H and O–H groups in total. The SMILES string of the molecule is NC(CNc1nc(C(=O)NCCO)c(-c2ccc3cnccc3c2)s1)Cc1ccc(C(F)(F)F)cc1. The van der Waals surface area contributed by atoms with Crippen molar-refractivity contribution in [3.05, 3.63) is 77.7 Å². The molecule has 0 aliphatic carbocycles. The third-order valence-corrected chi connectivity index (χ3v) is 6.50. The number of fused-ring (bicyclic) bond motifs is 1. The molecule has 4 rings (SSSR count). The van der Waals surface area contributed by atoms with E-state index in [1.54, 1.807) is 12.4 Å². The molecule has 0 spiro atoms. The van der Waals surface area contributed by atoms with E-state index in [2.05, 4.69) is 20.6 Å². The van der Waals surface area contributed by atoms with Crippen LogP contribution in [0.3, 0.4) is 0 Å². The molecule has 2 aromatic heterocycles. The Labute approximate surface area is 209 Å². The number of thiazole rings is 1. The molecule has 1 amide bonds. The zero-order valence-corrected chi connectivity index (χ0v) is 19.9. The summed E-state index contributed by atoms with van der Waals surface area (Å²) in [6, 6.07) is 12.2. The number of nitrogens with one attached hydrogen (secondary N) is 2. The third-order valence-electron chi connectivity index (χ3n) is 5.44. The Morgan fingerprint density at radius 3 is 2.61 bits per heavy atom. The van der Waals surface area contributed by atoms with Gasteiger partial charge in [-0.05, 0) is 47.2 Å². The summed E-state index contributed by atoms with van der Waals surface area (Å²) in [5, 5.41) is 17.3. The van der Waals surface area contributed by atoms with Crippen LogP contribution in [-0.4, -0.2) is 46.7 Å². The van der Waals surface area contributed by atoms with E-state index in [1.165, 1.54) is 23.5 Å². The van der Waals surface area contributed by atoms with Crippen molar-refractivity contribution < 1.29 is 23.1 Å². The number of nitrogens with zero attached hydrogens (tertiary/aromatic N) is 2. The predicted octanol–water partition coefficient (Wildman–Crippen LogP) is 4.08. The number of anilines is 1. The Kier molecular flexibility index (Phi) is 7.82. The zero-order chi connectivity index (χ0) is 25.7. The molecule has 0 radical (unpaired) electrons. The first-order chi connectivity index (χ1) is 17.2. The number of hydrogen-bond donors (Lipinski definition) is 4. The van der Waals surface area contributed by atoms with E-state index in [1.807, 2.05) is 24.3 Å². The molecule has 2 aromatic carbocycles. The molecule has 0 saturated carbocycles. The number of benzene rings is 2. The number of halogens is 3. The van der Waals surface area contributed by atoms with Crippen molar-refractivity contribution in [2.75, 3.05) is 25.0 Å². The summed E-state index contributed by atoms with van der Waals surface area (Å²) >= 11 is 1.29. The van der Waals surface area contributed by atoms with Crippen LogP contribution >= 0.6 is 11.3 Å². The number of amides is 1. The number of alkyl halides is 3. The van der Waals surface area contributed by atoms with Crippen LogP contribution < -0.4 is 16.4 Å². The van der Waals surface area contributed by atoms with Crippen molar-refractivity contribution >= 4 is 33.1 Å². The maximum absolute atomic E-state index is 12.8. The monoisotopic (exact) mass is 515 g/mol. The highest BCUT2D eigenvalue weighted by molar-refractivity contribution is 7.19. The lowest BCUT2D eigenvalue weighted by Crippen LogP contribution is -2.31. The highest BCUT2D eigenvalue weighted by Crippen LogP contribution is 2.35. The highest BCUT2D eigenvalue weighted by Gasteiger charge is 2.30. The molecular weight excluding hydrogens is 491 g/mol. The van der Waals surface area contributed by atoms with Gasteiger partial charge in [0.2, 0.25) is 0 Å². The van der Waals surface area contributed by atoms with Gasteiger partial charge in [-0.1, -0.05) is 35.6 Å². The molecule has 4 aromatic rings. The van der Waals surface area contributed by atoms with Crippen LogP contribution in [-0.2, 0) is 12.6 Å². The maximum atomic E-state index is 12.8. The van der Waals surface area contributed by atoms with Gasteiger partial charge in [0, 0.05) is 36.9 Å². The van der Waals surface area contributed by atoms with Gasteiger partial charge in [-0.2, -0.15) is 13.2 Å². The minimum Gasteiger partial charge on any atom is -0.395 e. The van der Waals surface area contributed by atoms with Crippen LogP contribution in [0.1, 0.15) is 21.6 Å². The van der Waals surface area contributed by atoms with Gasteiger partial charge < -0.3 is 21.5 Å². The van der Waals surface area contributed by atoms with Gasteiger partial charge in [-0.15, -0.1) is 0 Å². The van der Waals surface area contributed by atoms with Crippen LogP contribution in [0.15, 0.2) is 60.9 Å². The number of hydrogen-bond acceptors (Lipinski definition) is 7. The van der Waals surface area contributed by atoms with E-state index in [-0.39, 0.29) is 18.8 Å². The van der Waals surface area contributed by atoms with E-state index in [0.29, 0.717) is 28.5 Å². The summed E-state index contributed by atoms with van der Waals surface area (Å²) < 4.78 is 38.3. The Morgan fingerprint density at radius 2 is 1.89 bits per heavy atom. The van der Waals surface area contributed by atoms with Crippen LogP contribution in [0, 0.1) is 0 Å². The van der Waals surface area contributed by atoms with E-state index in [0.717, 1.165) is 28.5 Å². The van der Waals surface area contributed by atoms with Gasteiger partial charge in [0.15, 0.2) is 5.13 Å². The largest absolute Gasteiger partial charge is 0.416 e. The van der Waals surface area contributed by atoms with Crippen molar-refractivity contribution in [2.45, 2.75) is 18.6 Å². The van der Waals surface area contributed by atoms with Crippen LogP contribution in [0.2, 0.25) is 0 Å². The number of aromatic nitrogens is 2. The van der Waals surface area contributed by atoms with E-state index < -0.39 is 23.7 Å². The minimum absolute atomic E-state index is 0.0972.